The van der Waals surface area contributed by atoms with Crippen LogP contribution in [0, 0.1) is 5.92 Å². The zero-order valence-electron chi connectivity index (χ0n) is 23.8. The van der Waals surface area contributed by atoms with E-state index in [9.17, 15) is 9.59 Å². The molecule has 3 aromatic carbocycles. The molecule has 2 amide bonds. The highest BCUT2D eigenvalue weighted by molar-refractivity contribution is 6.31. The summed E-state index contributed by atoms with van der Waals surface area (Å²) in [7, 11) is 0. The van der Waals surface area contributed by atoms with Gasteiger partial charge in [-0.15, -0.1) is 6.58 Å². The number of amides is 2. The molecule has 1 unspecified atom stereocenters. The molecule has 10 heteroatoms. The molecule has 1 aliphatic heterocycles. The van der Waals surface area contributed by atoms with Crippen LogP contribution in [0.5, 0.6) is 23.0 Å². The molecule has 1 atom stereocenters. The molecule has 0 aromatic heterocycles. The molecule has 0 fully saturated rings. The minimum Gasteiger partial charge on any atom is -0.490 e. The van der Waals surface area contributed by atoms with E-state index in [1.165, 1.54) is 6.21 Å². The maximum Gasteiger partial charge on any atom is 0.262 e. The first-order valence-corrected chi connectivity index (χ1v) is 14.0. The third kappa shape index (κ3) is 7.61. The summed E-state index contributed by atoms with van der Waals surface area (Å²) in [6.07, 6.45) is 3.81. The van der Waals surface area contributed by atoms with Crippen LogP contribution in [0.3, 0.4) is 0 Å². The molecule has 42 heavy (non-hydrogen) atoms. The monoisotopic (exact) mass is 591 g/mol. The fraction of sp³-hybridized carbons (Fsp3) is 0.281. The van der Waals surface area contributed by atoms with Crippen LogP contribution in [0.25, 0.3) is 0 Å². The van der Waals surface area contributed by atoms with Crippen molar-refractivity contribution >= 4 is 29.6 Å². The van der Waals surface area contributed by atoms with E-state index in [0.717, 1.165) is 11.1 Å². The molecule has 2 N–H and O–H groups in total. The molecule has 0 spiro atoms. The Morgan fingerprint density at radius 3 is 2.60 bits per heavy atom. The summed E-state index contributed by atoms with van der Waals surface area (Å²) in [5.41, 5.74) is 5.28. The topological polar surface area (TPSA) is 107 Å². The number of hydrogen-bond donors (Lipinski definition) is 2. The van der Waals surface area contributed by atoms with Crippen molar-refractivity contribution in [2.24, 2.45) is 11.0 Å². The van der Waals surface area contributed by atoms with E-state index in [1.807, 2.05) is 51.1 Å². The lowest BCUT2D eigenvalue weighted by Crippen LogP contribution is -2.48. The van der Waals surface area contributed by atoms with Gasteiger partial charge in [0, 0.05) is 21.7 Å². The lowest BCUT2D eigenvalue weighted by molar-refractivity contribution is -0.123. The van der Waals surface area contributed by atoms with Gasteiger partial charge in [0.25, 0.3) is 11.8 Å². The van der Waals surface area contributed by atoms with Crippen molar-refractivity contribution in [3.63, 3.8) is 0 Å². The summed E-state index contributed by atoms with van der Waals surface area (Å²) in [6, 6.07) is 15.2. The van der Waals surface area contributed by atoms with Crippen molar-refractivity contribution in [3.05, 3.63) is 94.5 Å². The van der Waals surface area contributed by atoms with Gasteiger partial charge in [0.2, 0.25) is 6.79 Å². The molecule has 1 heterocycles. The number of hydrazone groups is 1. The molecule has 9 nitrogen and oxygen atoms in total. The second kappa shape index (κ2) is 14.4. The van der Waals surface area contributed by atoms with Gasteiger partial charge >= 0.3 is 0 Å². The van der Waals surface area contributed by atoms with Crippen LogP contribution >= 0.6 is 11.6 Å². The number of carbonyl (C=O) groups is 2. The Hall–Kier alpha value is -4.50. The molecular formula is C32H34ClN3O6. The van der Waals surface area contributed by atoms with Gasteiger partial charge in [0.05, 0.1) is 12.8 Å². The average molecular weight is 592 g/mol. The molecular weight excluding hydrogens is 558 g/mol. The number of ether oxygens (including phenoxy) is 4. The average Bonchev–Trinajstić information content (AvgIpc) is 3.44. The van der Waals surface area contributed by atoms with Crippen LogP contribution < -0.4 is 29.7 Å². The number of nitrogens with one attached hydrogen (secondary N) is 2. The number of carbonyl (C=O) groups excluding carboxylic acids is 2. The van der Waals surface area contributed by atoms with Crippen LogP contribution in [0.2, 0.25) is 5.02 Å². The summed E-state index contributed by atoms with van der Waals surface area (Å²) < 4.78 is 22.7. The minimum absolute atomic E-state index is 0.106. The quantitative estimate of drug-likeness (QED) is 0.150. The SMILES string of the molecule is C=CCc1cc(C=NNC(=O)C(NC(=O)c2ccc3c(c2)OCO3)C(C)C)cc(OCC)c1OCc1ccccc1Cl. The third-order valence-electron chi connectivity index (χ3n) is 6.41. The fourth-order valence-corrected chi connectivity index (χ4v) is 4.48. The van der Waals surface area contributed by atoms with Crippen molar-refractivity contribution in [1.29, 1.82) is 0 Å². The molecule has 0 bridgehead atoms. The normalized spacial score (nSPS) is 12.7. The lowest BCUT2D eigenvalue weighted by atomic mass is 10.0. The van der Waals surface area contributed by atoms with Gasteiger partial charge in [0.1, 0.15) is 12.6 Å². The predicted octanol–water partition coefficient (Wildman–Crippen LogP) is 5.68. The third-order valence-corrected chi connectivity index (χ3v) is 6.78. The molecule has 0 radical (unpaired) electrons. The molecule has 1 aliphatic rings. The second-order valence-electron chi connectivity index (χ2n) is 9.81. The number of benzene rings is 3. The second-order valence-corrected chi connectivity index (χ2v) is 10.2. The summed E-state index contributed by atoms with van der Waals surface area (Å²) in [5, 5.41) is 7.56. The lowest BCUT2D eigenvalue weighted by Gasteiger charge is -2.20. The van der Waals surface area contributed by atoms with Crippen LogP contribution in [-0.2, 0) is 17.8 Å². The Morgan fingerprint density at radius 2 is 1.86 bits per heavy atom. The molecule has 3 aromatic rings. The van der Waals surface area contributed by atoms with Crippen molar-refractivity contribution in [2.45, 2.75) is 39.8 Å². The maximum absolute atomic E-state index is 13.0. The maximum atomic E-state index is 13.0. The number of rotatable bonds is 13. The predicted molar refractivity (Wildman–Crippen MR) is 162 cm³/mol. The minimum atomic E-state index is -0.823. The van der Waals surface area contributed by atoms with Crippen LogP contribution in [0.1, 0.15) is 47.8 Å². The summed E-state index contributed by atoms with van der Waals surface area (Å²) in [4.78, 5) is 25.9. The Balaban J connectivity index is 1.47. The molecule has 4 rings (SSSR count). The zero-order chi connectivity index (χ0) is 30.1. The number of hydrogen-bond acceptors (Lipinski definition) is 7. The molecule has 0 saturated carbocycles. The summed E-state index contributed by atoms with van der Waals surface area (Å²) in [6.45, 7) is 10.2. The largest absolute Gasteiger partial charge is 0.490 e. The van der Waals surface area contributed by atoms with Gasteiger partial charge in [0.15, 0.2) is 23.0 Å². The molecule has 0 aliphatic carbocycles. The number of nitrogens with zero attached hydrogens (tertiary/aromatic N) is 1. The summed E-state index contributed by atoms with van der Waals surface area (Å²) in [5.74, 6) is 1.12. The highest BCUT2D eigenvalue weighted by Crippen LogP contribution is 2.35. The van der Waals surface area contributed by atoms with E-state index < -0.39 is 17.9 Å². The number of allylic oxidation sites excluding steroid dienone is 1. The van der Waals surface area contributed by atoms with Crippen LogP contribution in [-0.4, -0.2) is 37.5 Å². The van der Waals surface area contributed by atoms with E-state index in [-0.39, 0.29) is 19.3 Å². The highest BCUT2D eigenvalue weighted by atomic mass is 35.5. The smallest absolute Gasteiger partial charge is 0.262 e. The Morgan fingerprint density at radius 1 is 1.07 bits per heavy atom. The fourth-order valence-electron chi connectivity index (χ4n) is 4.29. The zero-order valence-corrected chi connectivity index (χ0v) is 24.6. The van der Waals surface area contributed by atoms with Crippen LogP contribution in [0.15, 0.2) is 72.4 Å². The van der Waals surface area contributed by atoms with Gasteiger partial charge in [-0.3, -0.25) is 9.59 Å². The number of halogens is 1. The van der Waals surface area contributed by atoms with Crippen molar-refractivity contribution in [1.82, 2.24) is 10.7 Å². The van der Waals surface area contributed by atoms with Gasteiger partial charge in [-0.2, -0.15) is 5.10 Å². The highest BCUT2D eigenvalue weighted by Gasteiger charge is 2.25. The van der Waals surface area contributed by atoms with E-state index in [0.29, 0.717) is 52.2 Å². The van der Waals surface area contributed by atoms with E-state index in [2.05, 4.69) is 22.4 Å². The van der Waals surface area contributed by atoms with Crippen molar-refractivity contribution < 1.29 is 28.5 Å². The van der Waals surface area contributed by atoms with Crippen molar-refractivity contribution in [3.8, 4) is 23.0 Å². The van der Waals surface area contributed by atoms with Gasteiger partial charge in [-0.05, 0) is 61.2 Å². The Bertz CT molecular complexity index is 1470. The van der Waals surface area contributed by atoms with E-state index >= 15 is 0 Å². The van der Waals surface area contributed by atoms with Gasteiger partial charge in [-0.25, -0.2) is 5.43 Å². The Labute approximate surface area is 250 Å². The van der Waals surface area contributed by atoms with Gasteiger partial charge in [-0.1, -0.05) is 49.7 Å². The standard InChI is InChI=1S/C32H34ClN3O6/c1-5-9-22-14-21(15-28(39-6-2)30(22)40-18-24-10-7-8-11-25(24)33)17-34-36-32(38)29(20(3)4)35-31(37)23-12-13-26-27(16-23)42-19-41-26/h5,7-8,10-17,20,29H,1,6,9,18-19H2,2-4H3,(H,35,37)(H,36,38). The molecule has 0 saturated heterocycles. The first-order valence-electron chi connectivity index (χ1n) is 13.6. The summed E-state index contributed by atoms with van der Waals surface area (Å²) >= 11 is 6.31. The van der Waals surface area contributed by atoms with Crippen molar-refractivity contribution in [2.75, 3.05) is 13.4 Å². The first kappa shape index (κ1) is 30.5. The first-order chi connectivity index (χ1) is 20.3. The van der Waals surface area contributed by atoms with Gasteiger partial charge < -0.3 is 24.3 Å². The Kier molecular flexibility index (Phi) is 10.4. The van der Waals surface area contributed by atoms with Crippen LogP contribution in [0.4, 0.5) is 0 Å². The van der Waals surface area contributed by atoms with E-state index in [4.69, 9.17) is 30.5 Å². The number of fused-ring (bicyclic) bond motifs is 1. The molecule has 220 valence electrons. The van der Waals surface area contributed by atoms with E-state index in [1.54, 1.807) is 30.3 Å².